The third-order valence-electron chi connectivity index (χ3n) is 7.56. The second kappa shape index (κ2) is 7.22. The van der Waals surface area contributed by atoms with Gasteiger partial charge in [0.1, 0.15) is 0 Å². The molecule has 0 spiro atoms. The van der Waals surface area contributed by atoms with Crippen LogP contribution in [0.3, 0.4) is 0 Å². The van der Waals surface area contributed by atoms with Crippen molar-refractivity contribution in [3.63, 3.8) is 0 Å². The van der Waals surface area contributed by atoms with Crippen molar-refractivity contribution >= 4 is 10.0 Å². The molecule has 2 aromatic carbocycles. The number of hydrogen-bond donors (Lipinski definition) is 1. The summed E-state index contributed by atoms with van der Waals surface area (Å²) in [7, 11) is -3.53. The maximum atomic E-state index is 12.2. The zero-order valence-corrected chi connectivity index (χ0v) is 17.7. The van der Waals surface area contributed by atoms with E-state index in [9.17, 15) is 8.42 Å². The van der Waals surface area contributed by atoms with E-state index in [0.717, 1.165) is 24.8 Å². The van der Waals surface area contributed by atoms with Crippen LogP contribution in [0.15, 0.2) is 48.5 Å². The second-order valence-electron chi connectivity index (χ2n) is 9.25. The third kappa shape index (κ3) is 3.43. The molecule has 2 unspecified atom stereocenters. The normalized spacial score (nSPS) is 25.8. The molecule has 1 saturated heterocycles. The standard InChI is InChI=1S/C24H30N2O2S/c25-29(27,28)24(10-4-11-24)17-19-8-9-20-16-23(26-12-5-13-26)22(21(20)15-19)14-18-6-2-1-3-7-18/h1-3,6-9,15,22-23H,4-5,10-14,16-17H2,(H2,25,27,28). The number of fused-ring (bicyclic) bond motifs is 1. The van der Waals surface area contributed by atoms with Gasteiger partial charge in [-0.05, 0) is 73.9 Å². The van der Waals surface area contributed by atoms with Gasteiger partial charge in [0.2, 0.25) is 10.0 Å². The third-order valence-corrected chi connectivity index (χ3v) is 9.32. The van der Waals surface area contributed by atoms with Crippen LogP contribution in [0.25, 0.3) is 0 Å². The monoisotopic (exact) mass is 410 g/mol. The van der Waals surface area contributed by atoms with Gasteiger partial charge in [-0.3, -0.25) is 4.90 Å². The molecule has 0 bridgehead atoms. The number of hydrogen-bond acceptors (Lipinski definition) is 3. The molecule has 5 heteroatoms. The predicted octanol–water partition coefficient (Wildman–Crippen LogP) is 3.40. The predicted molar refractivity (Wildman–Crippen MR) is 116 cm³/mol. The lowest BCUT2D eigenvalue weighted by molar-refractivity contribution is 0.106. The number of benzene rings is 2. The molecule has 1 saturated carbocycles. The highest BCUT2D eigenvalue weighted by molar-refractivity contribution is 7.90. The largest absolute Gasteiger partial charge is 0.299 e. The Morgan fingerprint density at radius 3 is 2.34 bits per heavy atom. The van der Waals surface area contributed by atoms with Crippen LogP contribution in [-0.4, -0.2) is 37.2 Å². The van der Waals surface area contributed by atoms with Crippen molar-refractivity contribution in [2.75, 3.05) is 13.1 Å². The Bertz CT molecular complexity index is 995. The first-order chi connectivity index (χ1) is 14.0. The molecule has 2 fully saturated rings. The molecule has 0 radical (unpaired) electrons. The lowest BCUT2D eigenvalue weighted by atomic mass is 9.79. The summed E-state index contributed by atoms with van der Waals surface area (Å²) in [6.07, 6.45) is 6.32. The van der Waals surface area contributed by atoms with Gasteiger partial charge in [-0.25, -0.2) is 13.6 Å². The van der Waals surface area contributed by atoms with Crippen molar-refractivity contribution in [1.82, 2.24) is 4.90 Å². The summed E-state index contributed by atoms with van der Waals surface area (Å²) in [6.45, 7) is 2.40. The molecule has 2 atom stereocenters. The van der Waals surface area contributed by atoms with E-state index in [2.05, 4.69) is 53.4 Å². The fraction of sp³-hybridized carbons (Fsp3) is 0.500. The number of primary sulfonamides is 1. The summed E-state index contributed by atoms with van der Waals surface area (Å²) < 4.78 is 23.7. The summed E-state index contributed by atoms with van der Waals surface area (Å²) in [6, 6.07) is 18.0. The van der Waals surface area contributed by atoms with Crippen LogP contribution in [0.4, 0.5) is 0 Å². The molecule has 2 N–H and O–H groups in total. The first-order valence-corrected chi connectivity index (χ1v) is 12.4. The highest BCUT2D eigenvalue weighted by Crippen LogP contribution is 2.44. The van der Waals surface area contributed by atoms with Gasteiger partial charge in [0, 0.05) is 12.0 Å². The SMILES string of the molecule is NS(=O)(=O)C1(Cc2ccc3c(c2)C(Cc2ccccc2)C(N2CCC2)C3)CCC1. The lowest BCUT2D eigenvalue weighted by Gasteiger charge is -2.40. The van der Waals surface area contributed by atoms with Crippen LogP contribution in [0.2, 0.25) is 0 Å². The summed E-state index contributed by atoms with van der Waals surface area (Å²) in [5.41, 5.74) is 5.36. The maximum absolute atomic E-state index is 12.2. The zero-order valence-electron chi connectivity index (χ0n) is 16.9. The smallest absolute Gasteiger partial charge is 0.215 e. The Morgan fingerprint density at radius 1 is 1.00 bits per heavy atom. The van der Waals surface area contributed by atoms with Crippen molar-refractivity contribution in [1.29, 1.82) is 0 Å². The number of sulfonamides is 1. The minimum absolute atomic E-state index is 0.472. The Morgan fingerprint density at radius 2 is 1.76 bits per heavy atom. The minimum Gasteiger partial charge on any atom is -0.299 e. The first-order valence-electron chi connectivity index (χ1n) is 10.9. The molecule has 5 rings (SSSR count). The van der Waals surface area contributed by atoms with Crippen molar-refractivity contribution in [2.45, 2.75) is 61.7 Å². The van der Waals surface area contributed by atoms with Crippen LogP contribution >= 0.6 is 0 Å². The van der Waals surface area contributed by atoms with E-state index >= 15 is 0 Å². The van der Waals surface area contributed by atoms with Crippen molar-refractivity contribution in [3.05, 3.63) is 70.8 Å². The van der Waals surface area contributed by atoms with Gasteiger partial charge in [-0.15, -0.1) is 0 Å². The Labute approximate surface area is 174 Å². The molecule has 1 aliphatic heterocycles. The van der Waals surface area contributed by atoms with E-state index in [1.54, 1.807) is 0 Å². The average molecular weight is 411 g/mol. The van der Waals surface area contributed by atoms with Crippen molar-refractivity contribution in [2.24, 2.45) is 5.14 Å². The van der Waals surface area contributed by atoms with E-state index < -0.39 is 14.8 Å². The number of nitrogens with two attached hydrogens (primary N) is 1. The molecule has 154 valence electrons. The van der Waals surface area contributed by atoms with Gasteiger partial charge in [0.15, 0.2) is 0 Å². The van der Waals surface area contributed by atoms with Gasteiger partial charge in [-0.1, -0.05) is 55.0 Å². The molecule has 1 heterocycles. The molecule has 3 aliphatic rings. The molecular formula is C24H30N2O2S. The second-order valence-corrected chi connectivity index (χ2v) is 11.2. The summed E-state index contributed by atoms with van der Waals surface area (Å²) in [5, 5.41) is 5.62. The molecule has 4 nitrogen and oxygen atoms in total. The van der Waals surface area contributed by atoms with Gasteiger partial charge in [-0.2, -0.15) is 0 Å². The average Bonchev–Trinajstić information content (AvgIpc) is 2.94. The Kier molecular flexibility index (Phi) is 4.80. The van der Waals surface area contributed by atoms with E-state index in [1.807, 2.05) is 0 Å². The van der Waals surface area contributed by atoms with E-state index in [1.165, 1.54) is 36.2 Å². The van der Waals surface area contributed by atoms with E-state index in [0.29, 0.717) is 31.2 Å². The van der Waals surface area contributed by atoms with Gasteiger partial charge >= 0.3 is 0 Å². The van der Waals surface area contributed by atoms with Crippen LogP contribution in [0, 0.1) is 0 Å². The molecule has 0 amide bonds. The van der Waals surface area contributed by atoms with Gasteiger partial charge in [0.25, 0.3) is 0 Å². The first kappa shape index (κ1) is 19.3. The van der Waals surface area contributed by atoms with Gasteiger partial charge in [0.05, 0.1) is 4.75 Å². The summed E-state index contributed by atoms with van der Waals surface area (Å²) >= 11 is 0. The number of likely N-dealkylation sites (tertiary alicyclic amines) is 1. The van der Waals surface area contributed by atoms with Gasteiger partial charge < -0.3 is 0 Å². The Hall–Kier alpha value is -1.69. The lowest BCUT2D eigenvalue weighted by Crippen LogP contribution is -2.50. The van der Waals surface area contributed by atoms with E-state index in [-0.39, 0.29) is 0 Å². The van der Waals surface area contributed by atoms with Crippen LogP contribution < -0.4 is 5.14 Å². The maximum Gasteiger partial charge on any atom is 0.215 e. The van der Waals surface area contributed by atoms with Crippen LogP contribution in [0.5, 0.6) is 0 Å². The van der Waals surface area contributed by atoms with E-state index in [4.69, 9.17) is 5.14 Å². The Balaban J connectivity index is 1.46. The zero-order chi connectivity index (χ0) is 20.1. The number of nitrogens with zero attached hydrogens (tertiary/aromatic N) is 1. The van der Waals surface area contributed by atoms with Crippen LogP contribution in [0.1, 0.15) is 53.9 Å². The minimum atomic E-state index is -3.53. The molecule has 2 aromatic rings. The fourth-order valence-electron chi connectivity index (χ4n) is 5.54. The summed E-state index contributed by atoms with van der Waals surface area (Å²) in [4.78, 5) is 2.63. The van der Waals surface area contributed by atoms with Crippen molar-refractivity contribution in [3.8, 4) is 0 Å². The quantitative estimate of drug-likeness (QED) is 0.794. The molecule has 0 aromatic heterocycles. The highest BCUT2D eigenvalue weighted by atomic mass is 32.2. The number of rotatable bonds is 6. The highest BCUT2D eigenvalue weighted by Gasteiger charge is 2.47. The topological polar surface area (TPSA) is 63.4 Å². The van der Waals surface area contributed by atoms with Crippen LogP contribution in [-0.2, 0) is 29.3 Å². The van der Waals surface area contributed by atoms with Crippen molar-refractivity contribution < 1.29 is 8.42 Å². The molecular weight excluding hydrogens is 380 g/mol. The summed E-state index contributed by atoms with van der Waals surface area (Å²) in [5.74, 6) is 0.472. The molecule has 2 aliphatic carbocycles. The molecule has 29 heavy (non-hydrogen) atoms. The fourth-order valence-corrected chi connectivity index (χ4v) is 6.76.